The van der Waals surface area contributed by atoms with Crippen LogP contribution < -0.4 is 9.80 Å². The van der Waals surface area contributed by atoms with E-state index < -0.39 is 15.6 Å². The molecule has 0 atom stereocenters. The quantitative estimate of drug-likeness (QED) is 0.351. The van der Waals surface area contributed by atoms with Gasteiger partial charge in [-0.3, -0.25) is 0 Å². The molecule has 11 heteroatoms. The molecular formula is C17H20F3N3O3PdS. The number of benzene rings is 2. The summed E-state index contributed by atoms with van der Waals surface area (Å²) >= 11 is 0. The van der Waals surface area contributed by atoms with Crippen LogP contribution in [0, 0.1) is 0 Å². The van der Waals surface area contributed by atoms with E-state index in [2.05, 4.69) is 21.9 Å². The second kappa shape index (κ2) is 10.7. The van der Waals surface area contributed by atoms with E-state index in [0.29, 0.717) is 0 Å². The molecule has 0 aliphatic carbocycles. The zero-order valence-corrected chi connectivity index (χ0v) is 17.9. The second-order valence-corrected chi connectivity index (χ2v) is 7.15. The molecule has 2 aromatic rings. The topological polar surface area (TPSA) is 77.8 Å². The molecule has 0 fully saturated rings. The summed E-state index contributed by atoms with van der Waals surface area (Å²) < 4.78 is 58.9. The molecule has 0 heterocycles. The number of hydrogen-bond acceptors (Lipinski definition) is 5. The van der Waals surface area contributed by atoms with Crippen LogP contribution >= 0.6 is 0 Å². The van der Waals surface area contributed by atoms with Crippen molar-refractivity contribution < 1.29 is 46.6 Å². The van der Waals surface area contributed by atoms with Gasteiger partial charge in [0, 0.05) is 39.6 Å². The number of nitrogens with zero attached hydrogens (tertiary/aromatic N) is 3. The first-order valence-electron chi connectivity index (χ1n) is 7.61. The summed E-state index contributed by atoms with van der Waals surface area (Å²) in [5.41, 5.74) is -1.43. The van der Waals surface area contributed by atoms with E-state index >= 15 is 0 Å². The number of hydrogen-bond donors (Lipinski definition) is 0. The summed E-state index contributed by atoms with van der Waals surface area (Å²) in [7, 11) is 2.05. The Bertz CT molecular complexity index is 810. The average Bonchev–Trinajstić information content (AvgIpc) is 2.54. The first kappa shape index (κ1) is 26.2. The first-order valence-corrected chi connectivity index (χ1v) is 9.02. The normalized spacial score (nSPS) is 10.9. The summed E-state index contributed by atoms with van der Waals surface area (Å²) in [6.45, 7) is 0. The van der Waals surface area contributed by atoms with Gasteiger partial charge in [0.15, 0.2) is 10.1 Å². The monoisotopic (exact) mass is 509 g/mol. The predicted octanol–water partition coefficient (Wildman–Crippen LogP) is 4.20. The molecule has 0 spiro atoms. The SMILES string of the molecule is CN(C)c1ccccc1[N-]c1ccccc1N(C)C.O=S(=O)([O-])C(F)(F)F.[Pd+2]. The van der Waals surface area contributed by atoms with Gasteiger partial charge in [0.05, 0.1) is 0 Å². The molecule has 0 N–H and O–H groups in total. The fraction of sp³-hybridized carbons (Fsp3) is 0.294. The Hall–Kier alpha value is -1.80. The molecular weight excluding hydrogens is 490 g/mol. The van der Waals surface area contributed by atoms with Gasteiger partial charge in [0.2, 0.25) is 0 Å². The summed E-state index contributed by atoms with van der Waals surface area (Å²) in [5.74, 6) is 0. The summed E-state index contributed by atoms with van der Waals surface area (Å²) in [6.07, 6.45) is 0. The number of rotatable bonds is 4. The standard InChI is InChI=1S/C16H20N3.CHF3O3S.Pd/c1-18(2)15-11-7-5-9-13(15)17-14-10-6-8-12-16(14)19(3)4;2-1(3,4)8(5,6)7;/h5-12H,1-4H3;(H,5,6,7);/q-1;;+2/p-1. The minimum absolute atomic E-state index is 0. The van der Waals surface area contributed by atoms with E-state index in [1.54, 1.807) is 0 Å². The molecule has 0 saturated carbocycles. The van der Waals surface area contributed by atoms with Gasteiger partial charge in [-0.25, -0.2) is 8.42 Å². The van der Waals surface area contributed by atoms with Gasteiger partial charge in [-0.05, 0) is 12.1 Å². The molecule has 6 nitrogen and oxygen atoms in total. The zero-order valence-electron chi connectivity index (χ0n) is 15.5. The predicted molar refractivity (Wildman–Crippen MR) is 100.0 cm³/mol. The number of alkyl halides is 3. The number of halogens is 3. The third-order valence-electron chi connectivity index (χ3n) is 3.25. The Balaban J connectivity index is 0.000000694. The molecule has 28 heavy (non-hydrogen) atoms. The van der Waals surface area contributed by atoms with Crippen LogP contribution in [0.4, 0.5) is 35.9 Å². The Kier molecular flexibility index (Phi) is 9.98. The van der Waals surface area contributed by atoms with Gasteiger partial charge in [-0.15, -0.1) is 11.4 Å². The molecule has 0 aliphatic heterocycles. The Morgan fingerprint density at radius 3 is 1.36 bits per heavy atom. The smallest absolute Gasteiger partial charge is 0.741 e. The van der Waals surface area contributed by atoms with E-state index in [1.807, 2.05) is 64.6 Å². The Morgan fingerprint density at radius 2 is 1.11 bits per heavy atom. The maximum Gasteiger partial charge on any atom is 2.00 e. The van der Waals surface area contributed by atoms with Crippen LogP contribution in [0.2, 0.25) is 0 Å². The molecule has 0 saturated heterocycles. The van der Waals surface area contributed by atoms with Gasteiger partial charge in [-0.2, -0.15) is 13.2 Å². The molecule has 0 aliphatic rings. The summed E-state index contributed by atoms with van der Waals surface area (Å²) in [6, 6.07) is 16.4. The molecule has 158 valence electrons. The van der Waals surface area contributed by atoms with E-state index in [0.717, 1.165) is 22.7 Å². The van der Waals surface area contributed by atoms with Gasteiger partial charge in [-0.1, -0.05) is 36.4 Å². The molecule has 0 unspecified atom stereocenters. The third kappa shape index (κ3) is 7.67. The summed E-state index contributed by atoms with van der Waals surface area (Å²) in [5, 5.41) is 4.80. The molecule has 0 bridgehead atoms. The van der Waals surface area contributed by atoms with Crippen molar-refractivity contribution in [1.82, 2.24) is 0 Å². The molecule has 0 aromatic heterocycles. The van der Waals surface area contributed by atoms with Crippen LogP contribution in [-0.2, 0) is 30.5 Å². The van der Waals surface area contributed by atoms with E-state index in [-0.39, 0.29) is 20.4 Å². The van der Waals surface area contributed by atoms with Crippen LogP contribution in [0.1, 0.15) is 0 Å². The largest absolute Gasteiger partial charge is 2.00 e. The van der Waals surface area contributed by atoms with Crippen LogP contribution in [0.3, 0.4) is 0 Å². The Labute approximate surface area is 176 Å². The molecule has 2 rings (SSSR count). The molecule has 0 amide bonds. The van der Waals surface area contributed by atoms with Crippen molar-refractivity contribution in [2.45, 2.75) is 5.51 Å². The van der Waals surface area contributed by atoms with Crippen LogP contribution in [0.25, 0.3) is 5.32 Å². The minimum atomic E-state index is -6.09. The third-order valence-corrected chi connectivity index (χ3v) is 3.82. The van der Waals surface area contributed by atoms with Crippen LogP contribution in [0.15, 0.2) is 48.5 Å². The first-order chi connectivity index (χ1) is 12.3. The van der Waals surface area contributed by atoms with Gasteiger partial charge >= 0.3 is 25.9 Å². The number of para-hydroxylation sites is 4. The van der Waals surface area contributed by atoms with Gasteiger partial charge in [0.1, 0.15) is 0 Å². The van der Waals surface area contributed by atoms with Crippen molar-refractivity contribution in [2.75, 3.05) is 38.0 Å². The maximum atomic E-state index is 10.7. The summed E-state index contributed by atoms with van der Waals surface area (Å²) in [4.78, 5) is 4.16. The molecule has 0 radical (unpaired) electrons. The van der Waals surface area contributed by atoms with Crippen molar-refractivity contribution >= 4 is 32.9 Å². The van der Waals surface area contributed by atoms with Crippen LogP contribution in [-0.4, -0.2) is 46.7 Å². The van der Waals surface area contributed by atoms with Crippen molar-refractivity contribution in [3.8, 4) is 0 Å². The van der Waals surface area contributed by atoms with Crippen molar-refractivity contribution in [1.29, 1.82) is 0 Å². The average molecular weight is 510 g/mol. The second-order valence-electron chi connectivity index (χ2n) is 5.78. The van der Waals surface area contributed by atoms with E-state index in [4.69, 9.17) is 18.3 Å². The van der Waals surface area contributed by atoms with Gasteiger partial charge in [0.25, 0.3) is 0 Å². The zero-order chi connectivity index (χ0) is 20.8. The minimum Gasteiger partial charge on any atom is -0.741 e. The number of anilines is 2. The van der Waals surface area contributed by atoms with Gasteiger partial charge < -0.3 is 19.7 Å². The Morgan fingerprint density at radius 1 is 0.821 bits per heavy atom. The van der Waals surface area contributed by atoms with Crippen molar-refractivity contribution in [3.63, 3.8) is 0 Å². The van der Waals surface area contributed by atoms with Crippen molar-refractivity contribution in [2.24, 2.45) is 0 Å². The van der Waals surface area contributed by atoms with E-state index in [9.17, 15) is 13.2 Å². The maximum absolute atomic E-state index is 10.7. The van der Waals surface area contributed by atoms with E-state index in [1.165, 1.54) is 0 Å². The fourth-order valence-corrected chi connectivity index (χ4v) is 2.00. The molecule has 2 aromatic carbocycles. The van der Waals surface area contributed by atoms with Crippen molar-refractivity contribution in [3.05, 3.63) is 53.8 Å². The van der Waals surface area contributed by atoms with Crippen LogP contribution in [0.5, 0.6) is 0 Å². The fourth-order valence-electron chi connectivity index (χ4n) is 2.00.